The molecule has 2 N–H and O–H groups in total. The average molecular weight is 516 g/mol. The largest absolute Gasteiger partial charge is 0.487 e. The van der Waals surface area contributed by atoms with Crippen molar-refractivity contribution >= 4 is 29.9 Å². The van der Waals surface area contributed by atoms with Crippen LogP contribution in [0.3, 0.4) is 0 Å². The molecule has 0 aliphatic carbocycles. The van der Waals surface area contributed by atoms with Gasteiger partial charge in [0, 0.05) is 12.7 Å². The Morgan fingerprint density at radius 2 is 1.73 bits per heavy atom. The van der Waals surface area contributed by atoms with Crippen LogP contribution in [-0.4, -0.2) is 17.5 Å². The molecule has 3 aromatic rings. The molecule has 1 aromatic heterocycles. The maximum absolute atomic E-state index is 5.79. The van der Waals surface area contributed by atoms with Crippen LogP contribution in [0.4, 0.5) is 0 Å². The summed E-state index contributed by atoms with van der Waals surface area (Å²) in [7, 11) is 0. The van der Waals surface area contributed by atoms with Gasteiger partial charge < -0.3 is 15.4 Å². The van der Waals surface area contributed by atoms with Crippen molar-refractivity contribution in [1.29, 1.82) is 0 Å². The number of ether oxygens (including phenoxy) is 1. The molecule has 0 bridgehead atoms. The number of halogens is 1. The molecule has 0 aliphatic rings. The molecule has 0 radical (unpaired) electrons. The maximum atomic E-state index is 5.79. The normalized spacial score (nSPS) is 11.9. The lowest BCUT2D eigenvalue weighted by Crippen LogP contribution is -2.38. The van der Waals surface area contributed by atoms with Gasteiger partial charge in [-0.05, 0) is 49.2 Å². The van der Waals surface area contributed by atoms with E-state index < -0.39 is 0 Å². The third-order valence-corrected chi connectivity index (χ3v) is 4.45. The molecule has 6 heteroatoms. The first kappa shape index (κ1) is 23.7. The van der Waals surface area contributed by atoms with Crippen molar-refractivity contribution in [3.63, 3.8) is 0 Å². The van der Waals surface area contributed by atoms with Crippen molar-refractivity contribution in [1.82, 2.24) is 15.6 Å². The fourth-order valence-corrected chi connectivity index (χ4v) is 2.85. The van der Waals surface area contributed by atoms with Gasteiger partial charge in [0.05, 0.1) is 18.3 Å². The first-order valence-corrected chi connectivity index (χ1v) is 9.96. The summed E-state index contributed by atoms with van der Waals surface area (Å²) in [5.41, 5.74) is 3.27. The molecular weight excluding hydrogens is 487 g/mol. The molecule has 0 saturated heterocycles. The Balaban J connectivity index is 0.00000320. The fraction of sp³-hybridized carbons (Fsp3) is 0.250. The fourth-order valence-electron chi connectivity index (χ4n) is 2.85. The number of nitrogens with zero attached hydrogens (tertiary/aromatic N) is 2. The topological polar surface area (TPSA) is 58.5 Å². The van der Waals surface area contributed by atoms with Crippen molar-refractivity contribution in [3.8, 4) is 5.75 Å². The summed E-state index contributed by atoms with van der Waals surface area (Å²) in [6, 6.07) is 24.4. The van der Waals surface area contributed by atoms with Crippen molar-refractivity contribution < 1.29 is 4.74 Å². The SMILES string of the molecule is CCNC(=NCc1ccc(OCc2ccccn2)cc1)NC(C)c1ccccc1.I. The third-order valence-electron chi connectivity index (χ3n) is 4.45. The van der Waals surface area contributed by atoms with E-state index in [9.17, 15) is 0 Å². The highest BCUT2D eigenvalue weighted by molar-refractivity contribution is 14.0. The molecule has 1 atom stereocenters. The van der Waals surface area contributed by atoms with Gasteiger partial charge in [0.25, 0.3) is 0 Å². The zero-order chi connectivity index (χ0) is 20.3. The molecule has 0 fully saturated rings. The van der Waals surface area contributed by atoms with Crippen LogP contribution < -0.4 is 15.4 Å². The van der Waals surface area contributed by atoms with Gasteiger partial charge >= 0.3 is 0 Å². The van der Waals surface area contributed by atoms with Gasteiger partial charge in [-0.2, -0.15) is 0 Å². The Morgan fingerprint density at radius 3 is 2.40 bits per heavy atom. The van der Waals surface area contributed by atoms with E-state index in [1.165, 1.54) is 5.56 Å². The second-order valence-corrected chi connectivity index (χ2v) is 6.73. The lowest BCUT2D eigenvalue weighted by atomic mass is 10.1. The summed E-state index contributed by atoms with van der Waals surface area (Å²) in [5.74, 6) is 1.63. The Bertz CT molecular complexity index is 886. The summed E-state index contributed by atoms with van der Waals surface area (Å²) >= 11 is 0. The first-order chi connectivity index (χ1) is 14.2. The molecule has 1 heterocycles. The quantitative estimate of drug-likeness (QED) is 0.249. The smallest absolute Gasteiger partial charge is 0.192 e. The molecule has 30 heavy (non-hydrogen) atoms. The molecule has 0 aliphatic heterocycles. The van der Waals surface area contributed by atoms with Crippen molar-refractivity contribution in [2.75, 3.05) is 6.54 Å². The molecule has 3 rings (SSSR count). The van der Waals surface area contributed by atoms with Crippen LogP contribution in [0.25, 0.3) is 0 Å². The van der Waals surface area contributed by atoms with E-state index in [-0.39, 0.29) is 30.0 Å². The minimum Gasteiger partial charge on any atom is -0.487 e. The van der Waals surface area contributed by atoms with E-state index in [0.717, 1.165) is 29.5 Å². The summed E-state index contributed by atoms with van der Waals surface area (Å²) in [4.78, 5) is 8.98. The second-order valence-electron chi connectivity index (χ2n) is 6.73. The predicted molar refractivity (Wildman–Crippen MR) is 133 cm³/mol. The summed E-state index contributed by atoms with van der Waals surface area (Å²) in [6.45, 7) is 6.07. The van der Waals surface area contributed by atoms with E-state index in [0.29, 0.717) is 13.2 Å². The number of benzene rings is 2. The van der Waals surface area contributed by atoms with Gasteiger partial charge in [-0.25, -0.2) is 4.99 Å². The summed E-state index contributed by atoms with van der Waals surface area (Å²) in [6.07, 6.45) is 1.77. The van der Waals surface area contributed by atoms with Crippen LogP contribution in [-0.2, 0) is 13.2 Å². The Morgan fingerprint density at radius 1 is 1.00 bits per heavy atom. The molecule has 0 saturated carbocycles. The number of nitrogens with one attached hydrogen (secondary N) is 2. The molecule has 0 spiro atoms. The van der Waals surface area contributed by atoms with Gasteiger partial charge in [0.15, 0.2) is 5.96 Å². The number of hydrogen-bond acceptors (Lipinski definition) is 3. The van der Waals surface area contributed by atoms with Gasteiger partial charge in [-0.3, -0.25) is 4.98 Å². The van der Waals surface area contributed by atoms with Crippen LogP contribution in [0.15, 0.2) is 84.0 Å². The Hall–Kier alpha value is -2.61. The zero-order valence-electron chi connectivity index (χ0n) is 17.4. The zero-order valence-corrected chi connectivity index (χ0v) is 19.7. The molecule has 5 nitrogen and oxygen atoms in total. The number of aromatic nitrogens is 1. The Labute approximate surface area is 196 Å². The minimum absolute atomic E-state index is 0. The van der Waals surface area contributed by atoms with Crippen molar-refractivity contribution in [2.24, 2.45) is 4.99 Å². The van der Waals surface area contributed by atoms with E-state index in [4.69, 9.17) is 9.73 Å². The van der Waals surface area contributed by atoms with Crippen LogP contribution in [0.1, 0.15) is 36.7 Å². The van der Waals surface area contributed by atoms with Crippen LogP contribution in [0.5, 0.6) is 5.75 Å². The summed E-state index contributed by atoms with van der Waals surface area (Å²) < 4.78 is 5.79. The highest BCUT2D eigenvalue weighted by atomic mass is 127. The number of hydrogen-bond donors (Lipinski definition) is 2. The molecule has 2 aromatic carbocycles. The highest BCUT2D eigenvalue weighted by Crippen LogP contribution is 2.15. The van der Waals surface area contributed by atoms with Crippen LogP contribution in [0, 0.1) is 0 Å². The average Bonchev–Trinajstić information content (AvgIpc) is 2.78. The van der Waals surface area contributed by atoms with E-state index in [1.807, 2.05) is 48.5 Å². The van der Waals surface area contributed by atoms with Crippen LogP contribution >= 0.6 is 24.0 Å². The molecule has 158 valence electrons. The van der Waals surface area contributed by atoms with Crippen LogP contribution in [0.2, 0.25) is 0 Å². The monoisotopic (exact) mass is 516 g/mol. The predicted octanol–water partition coefficient (Wildman–Crippen LogP) is 5.09. The first-order valence-electron chi connectivity index (χ1n) is 9.96. The molecular formula is C24H29IN4O. The number of guanidine groups is 1. The minimum atomic E-state index is 0. The molecule has 1 unspecified atom stereocenters. The van der Waals surface area contributed by atoms with E-state index in [2.05, 4.69) is 53.7 Å². The second kappa shape index (κ2) is 12.8. The van der Waals surface area contributed by atoms with E-state index >= 15 is 0 Å². The lowest BCUT2D eigenvalue weighted by molar-refractivity contribution is 0.301. The van der Waals surface area contributed by atoms with Gasteiger partial charge in [-0.1, -0.05) is 48.5 Å². The number of rotatable bonds is 8. The standard InChI is InChI=1S/C24H28N4O.HI/c1-3-25-24(28-19(2)21-9-5-4-6-10-21)27-17-20-12-14-23(15-13-20)29-18-22-11-7-8-16-26-22;/h4-16,19H,3,17-18H2,1-2H3,(H2,25,27,28);1H. The Kier molecular flexibility index (Phi) is 10.1. The number of pyridine rings is 1. The third kappa shape index (κ3) is 7.67. The lowest BCUT2D eigenvalue weighted by Gasteiger charge is -2.18. The number of aliphatic imine (C=N–C) groups is 1. The maximum Gasteiger partial charge on any atom is 0.192 e. The summed E-state index contributed by atoms with van der Waals surface area (Å²) in [5, 5.41) is 6.77. The van der Waals surface area contributed by atoms with Gasteiger partial charge in [0.2, 0.25) is 0 Å². The molecule has 0 amide bonds. The van der Waals surface area contributed by atoms with Crippen molar-refractivity contribution in [2.45, 2.75) is 33.0 Å². The van der Waals surface area contributed by atoms with Gasteiger partial charge in [0.1, 0.15) is 12.4 Å². The van der Waals surface area contributed by atoms with E-state index in [1.54, 1.807) is 6.20 Å². The van der Waals surface area contributed by atoms with Gasteiger partial charge in [-0.15, -0.1) is 24.0 Å². The highest BCUT2D eigenvalue weighted by Gasteiger charge is 2.07. The van der Waals surface area contributed by atoms with Crippen molar-refractivity contribution in [3.05, 3.63) is 95.8 Å².